The first-order chi connectivity index (χ1) is 10.4. The van der Waals surface area contributed by atoms with E-state index in [4.69, 9.17) is 9.15 Å². The van der Waals surface area contributed by atoms with E-state index in [1.807, 2.05) is 30.3 Å². The summed E-state index contributed by atoms with van der Waals surface area (Å²) >= 11 is 0. The highest BCUT2D eigenvalue weighted by molar-refractivity contribution is 5.34. The van der Waals surface area contributed by atoms with Crippen LogP contribution in [0.15, 0.2) is 53.7 Å². The van der Waals surface area contributed by atoms with Gasteiger partial charge in [-0.2, -0.15) is 0 Å². The zero-order chi connectivity index (χ0) is 14.5. The molecular formula is C18H21NO2. The topological polar surface area (TPSA) is 34.4 Å². The van der Waals surface area contributed by atoms with Gasteiger partial charge in [-0.3, -0.25) is 0 Å². The van der Waals surface area contributed by atoms with Gasteiger partial charge in [-0.05, 0) is 37.0 Å². The smallest absolute Gasteiger partial charge is 0.146 e. The zero-order valence-electron chi connectivity index (χ0n) is 12.2. The van der Waals surface area contributed by atoms with Crippen molar-refractivity contribution < 1.29 is 9.15 Å². The summed E-state index contributed by atoms with van der Waals surface area (Å²) in [4.78, 5) is 0. The minimum absolute atomic E-state index is 0.461. The maximum Gasteiger partial charge on any atom is 0.146 e. The maximum atomic E-state index is 5.93. The van der Waals surface area contributed by atoms with Crippen molar-refractivity contribution in [2.75, 3.05) is 0 Å². The van der Waals surface area contributed by atoms with Crippen LogP contribution >= 0.6 is 0 Å². The molecule has 0 radical (unpaired) electrons. The number of para-hydroxylation sites is 1. The molecule has 0 amide bonds. The van der Waals surface area contributed by atoms with Crippen molar-refractivity contribution in [2.24, 2.45) is 0 Å². The Hall–Kier alpha value is -2.00. The predicted molar refractivity (Wildman–Crippen MR) is 83.2 cm³/mol. The summed E-state index contributed by atoms with van der Waals surface area (Å²) in [6.45, 7) is 5.10. The summed E-state index contributed by atoms with van der Waals surface area (Å²) in [5.41, 5.74) is 2.33. The van der Waals surface area contributed by atoms with Gasteiger partial charge < -0.3 is 14.5 Å². The van der Waals surface area contributed by atoms with Gasteiger partial charge in [0.2, 0.25) is 0 Å². The largest absolute Gasteiger partial charge is 0.485 e. The molecule has 1 heterocycles. The Balaban J connectivity index is 1.61. The molecule has 0 atom stereocenters. The van der Waals surface area contributed by atoms with Gasteiger partial charge in [0, 0.05) is 18.2 Å². The molecule has 1 fully saturated rings. The summed E-state index contributed by atoms with van der Waals surface area (Å²) in [6, 6.07) is 10.8. The molecule has 1 aliphatic carbocycles. The van der Waals surface area contributed by atoms with E-state index in [9.17, 15) is 0 Å². The molecule has 1 aliphatic rings. The SMILES string of the molecule is C=CCc1ccccc1OCc1occc1CNC1CC1. The highest BCUT2D eigenvalue weighted by Gasteiger charge is 2.21. The van der Waals surface area contributed by atoms with Crippen molar-refractivity contribution in [1.29, 1.82) is 0 Å². The summed E-state index contributed by atoms with van der Waals surface area (Å²) in [5.74, 6) is 1.80. The Morgan fingerprint density at radius 3 is 2.90 bits per heavy atom. The molecule has 3 heteroatoms. The number of furan rings is 1. The van der Waals surface area contributed by atoms with Crippen molar-refractivity contribution in [1.82, 2.24) is 5.32 Å². The minimum atomic E-state index is 0.461. The van der Waals surface area contributed by atoms with Crippen molar-refractivity contribution in [3.05, 3.63) is 66.1 Å². The highest BCUT2D eigenvalue weighted by atomic mass is 16.5. The molecule has 0 aliphatic heterocycles. The lowest BCUT2D eigenvalue weighted by molar-refractivity contribution is 0.266. The van der Waals surface area contributed by atoms with E-state index in [-0.39, 0.29) is 0 Å². The molecule has 0 unspecified atom stereocenters. The Morgan fingerprint density at radius 1 is 1.24 bits per heavy atom. The molecule has 21 heavy (non-hydrogen) atoms. The molecule has 1 N–H and O–H groups in total. The average molecular weight is 283 g/mol. The van der Waals surface area contributed by atoms with E-state index in [1.54, 1.807) is 6.26 Å². The number of nitrogens with one attached hydrogen (secondary N) is 1. The van der Waals surface area contributed by atoms with E-state index in [0.717, 1.165) is 30.0 Å². The van der Waals surface area contributed by atoms with Gasteiger partial charge in [0.1, 0.15) is 18.1 Å². The molecule has 3 nitrogen and oxygen atoms in total. The number of allylic oxidation sites excluding steroid dienone is 1. The Morgan fingerprint density at radius 2 is 2.10 bits per heavy atom. The van der Waals surface area contributed by atoms with Crippen molar-refractivity contribution >= 4 is 0 Å². The second kappa shape index (κ2) is 6.64. The number of rotatable bonds is 8. The summed E-state index contributed by atoms with van der Waals surface area (Å²) in [5, 5.41) is 3.50. The number of hydrogen-bond donors (Lipinski definition) is 1. The van der Waals surface area contributed by atoms with Crippen LogP contribution in [0.3, 0.4) is 0 Å². The first-order valence-corrected chi connectivity index (χ1v) is 7.47. The average Bonchev–Trinajstić information content (AvgIpc) is 3.23. The quantitative estimate of drug-likeness (QED) is 0.747. The third kappa shape index (κ3) is 3.76. The van der Waals surface area contributed by atoms with Gasteiger partial charge in [0.05, 0.1) is 6.26 Å². The maximum absolute atomic E-state index is 5.93. The number of benzene rings is 1. The lowest BCUT2D eigenvalue weighted by atomic mass is 10.1. The summed E-state index contributed by atoms with van der Waals surface area (Å²) in [7, 11) is 0. The Bertz CT molecular complexity index is 599. The second-order valence-electron chi connectivity index (χ2n) is 5.41. The van der Waals surface area contributed by atoms with Crippen molar-refractivity contribution in [3.63, 3.8) is 0 Å². The molecule has 2 aromatic rings. The lowest BCUT2D eigenvalue weighted by Gasteiger charge is -2.10. The molecule has 0 saturated heterocycles. The molecule has 3 rings (SSSR count). The molecule has 1 saturated carbocycles. The van der Waals surface area contributed by atoms with E-state index in [0.29, 0.717) is 12.6 Å². The van der Waals surface area contributed by atoms with Crippen LogP contribution in [0, 0.1) is 0 Å². The van der Waals surface area contributed by atoms with Crippen LogP contribution in [0.2, 0.25) is 0 Å². The highest BCUT2D eigenvalue weighted by Crippen LogP contribution is 2.23. The lowest BCUT2D eigenvalue weighted by Crippen LogP contribution is -2.16. The van der Waals surface area contributed by atoms with Crippen LogP contribution in [-0.4, -0.2) is 6.04 Å². The fraction of sp³-hybridized carbons (Fsp3) is 0.333. The van der Waals surface area contributed by atoms with Crippen LogP contribution in [0.1, 0.15) is 29.7 Å². The predicted octanol–water partition coefficient (Wildman–Crippen LogP) is 3.84. The number of hydrogen-bond acceptors (Lipinski definition) is 3. The molecule has 1 aromatic heterocycles. The monoisotopic (exact) mass is 283 g/mol. The molecular weight excluding hydrogens is 262 g/mol. The first-order valence-electron chi connectivity index (χ1n) is 7.47. The van der Waals surface area contributed by atoms with E-state index < -0.39 is 0 Å². The van der Waals surface area contributed by atoms with E-state index >= 15 is 0 Å². The van der Waals surface area contributed by atoms with E-state index in [1.165, 1.54) is 18.4 Å². The first kappa shape index (κ1) is 14.0. The molecule has 1 aromatic carbocycles. The fourth-order valence-corrected chi connectivity index (χ4v) is 2.30. The van der Waals surface area contributed by atoms with Crippen molar-refractivity contribution in [3.8, 4) is 5.75 Å². The molecule has 0 bridgehead atoms. The standard InChI is InChI=1S/C18H21NO2/c1-2-5-14-6-3-4-7-17(14)21-13-18-15(10-11-20-18)12-19-16-8-9-16/h2-4,6-7,10-11,16,19H,1,5,8-9,12-13H2. The summed E-state index contributed by atoms with van der Waals surface area (Å²) < 4.78 is 11.5. The second-order valence-corrected chi connectivity index (χ2v) is 5.41. The molecule has 110 valence electrons. The van der Waals surface area contributed by atoms with Crippen LogP contribution in [-0.2, 0) is 19.6 Å². The zero-order valence-corrected chi connectivity index (χ0v) is 12.2. The van der Waals surface area contributed by atoms with Gasteiger partial charge in [0.25, 0.3) is 0 Å². The van der Waals surface area contributed by atoms with Gasteiger partial charge in [-0.15, -0.1) is 6.58 Å². The summed E-state index contributed by atoms with van der Waals surface area (Å²) in [6.07, 6.45) is 7.01. The minimum Gasteiger partial charge on any atom is -0.485 e. The van der Waals surface area contributed by atoms with Gasteiger partial charge >= 0.3 is 0 Å². The van der Waals surface area contributed by atoms with Gasteiger partial charge in [0.15, 0.2) is 0 Å². The molecule has 0 spiro atoms. The third-order valence-corrected chi connectivity index (χ3v) is 3.69. The van der Waals surface area contributed by atoms with Crippen LogP contribution in [0.25, 0.3) is 0 Å². The normalized spacial score (nSPS) is 14.1. The Labute approximate surface area is 125 Å². The van der Waals surface area contributed by atoms with Crippen LogP contribution in [0.4, 0.5) is 0 Å². The number of ether oxygens (including phenoxy) is 1. The van der Waals surface area contributed by atoms with Gasteiger partial charge in [-0.1, -0.05) is 24.3 Å². The van der Waals surface area contributed by atoms with Gasteiger partial charge in [-0.25, -0.2) is 0 Å². The van der Waals surface area contributed by atoms with Crippen LogP contribution < -0.4 is 10.1 Å². The van der Waals surface area contributed by atoms with Crippen molar-refractivity contribution in [2.45, 2.75) is 38.5 Å². The third-order valence-electron chi connectivity index (χ3n) is 3.69. The Kier molecular flexibility index (Phi) is 4.41. The van der Waals surface area contributed by atoms with E-state index in [2.05, 4.69) is 18.0 Å². The fourth-order valence-electron chi connectivity index (χ4n) is 2.30. The van der Waals surface area contributed by atoms with Crippen LogP contribution in [0.5, 0.6) is 5.75 Å².